The standard InChI is InChI=1S/C22H29N5OS/c1-17-5-3-4-12-27(17)21-11-10-20(23-24-21)25-13-15-26(16-14-25)22(28)18-6-8-19(29-2)9-7-18/h6-11,17H,3-5,12-16H2,1-2H3. The van der Waals surface area contributed by atoms with Crippen molar-refractivity contribution in [3.05, 3.63) is 42.0 Å². The minimum absolute atomic E-state index is 0.109. The molecule has 0 spiro atoms. The van der Waals surface area contributed by atoms with Crippen LogP contribution in [0.25, 0.3) is 0 Å². The van der Waals surface area contributed by atoms with Gasteiger partial charge in [0.05, 0.1) is 0 Å². The van der Waals surface area contributed by atoms with Gasteiger partial charge in [-0.05, 0) is 68.8 Å². The number of amides is 1. The molecule has 2 aromatic rings. The summed E-state index contributed by atoms with van der Waals surface area (Å²) < 4.78 is 0. The van der Waals surface area contributed by atoms with Crippen LogP contribution in [0, 0.1) is 0 Å². The van der Waals surface area contributed by atoms with Crippen molar-refractivity contribution in [2.24, 2.45) is 0 Å². The largest absolute Gasteiger partial charge is 0.352 e. The van der Waals surface area contributed by atoms with Gasteiger partial charge in [-0.3, -0.25) is 4.79 Å². The van der Waals surface area contributed by atoms with E-state index in [-0.39, 0.29) is 5.91 Å². The van der Waals surface area contributed by atoms with Gasteiger partial charge in [-0.15, -0.1) is 22.0 Å². The molecule has 4 rings (SSSR count). The minimum atomic E-state index is 0.109. The molecule has 1 unspecified atom stereocenters. The van der Waals surface area contributed by atoms with Crippen LogP contribution in [0.5, 0.6) is 0 Å². The van der Waals surface area contributed by atoms with Crippen LogP contribution in [0.15, 0.2) is 41.3 Å². The molecule has 2 aliphatic heterocycles. The molecule has 1 aromatic heterocycles. The minimum Gasteiger partial charge on any atom is -0.352 e. The van der Waals surface area contributed by atoms with Gasteiger partial charge >= 0.3 is 0 Å². The van der Waals surface area contributed by atoms with Crippen LogP contribution in [0.4, 0.5) is 11.6 Å². The Hall–Kier alpha value is -2.28. The summed E-state index contributed by atoms with van der Waals surface area (Å²) in [5.41, 5.74) is 0.760. The predicted octanol–water partition coefficient (Wildman–Crippen LogP) is 3.54. The van der Waals surface area contributed by atoms with E-state index < -0.39 is 0 Å². The smallest absolute Gasteiger partial charge is 0.253 e. The number of piperazine rings is 1. The van der Waals surface area contributed by atoms with Gasteiger partial charge in [-0.25, -0.2) is 0 Å². The number of aromatic nitrogens is 2. The van der Waals surface area contributed by atoms with Crippen molar-refractivity contribution in [2.45, 2.75) is 37.1 Å². The molecule has 29 heavy (non-hydrogen) atoms. The van der Waals surface area contributed by atoms with Gasteiger partial charge in [0.1, 0.15) is 0 Å². The fourth-order valence-electron chi connectivity index (χ4n) is 4.13. The van der Waals surface area contributed by atoms with Gasteiger partial charge in [0.25, 0.3) is 5.91 Å². The van der Waals surface area contributed by atoms with Crippen LogP contribution in [-0.2, 0) is 0 Å². The molecule has 1 amide bonds. The zero-order chi connectivity index (χ0) is 20.2. The summed E-state index contributed by atoms with van der Waals surface area (Å²) in [6.07, 6.45) is 5.79. The lowest BCUT2D eigenvalue weighted by Gasteiger charge is -2.36. The quantitative estimate of drug-likeness (QED) is 0.718. The molecule has 2 aliphatic rings. The molecule has 0 radical (unpaired) electrons. The molecule has 1 aromatic carbocycles. The molecule has 0 aliphatic carbocycles. The topological polar surface area (TPSA) is 52.6 Å². The maximum atomic E-state index is 12.8. The van der Waals surface area contributed by atoms with E-state index in [4.69, 9.17) is 0 Å². The first-order valence-corrected chi connectivity index (χ1v) is 11.7. The SMILES string of the molecule is CSc1ccc(C(=O)N2CCN(c3ccc(N4CCCCC4C)nn3)CC2)cc1. The van der Waals surface area contributed by atoms with E-state index >= 15 is 0 Å². The number of rotatable bonds is 4. The number of thioether (sulfide) groups is 1. The maximum absolute atomic E-state index is 12.8. The third-order valence-electron chi connectivity index (χ3n) is 5.96. The fraction of sp³-hybridized carbons (Fsp3) is 0.500. The van der Waals surface area contributed by atoms with Crippen molar-refractivity contribution in [1.82, 2.24) is 15.1 Å². The van der Waals surface area contributed by atoms with E-state index in [1.165, 1.54) is 24.2 Å². The lowest BCUT2D eigenvalue weighted by atomic mass is 10.0. The second kappa shape index (κ2) is 9.03. The first-order chi connectivity index (χ1) is 14.2. The number of benzene rings is 1. The molecular weight excluding hydrogens is 382 g/mol. The zero-order valence-corrected chi connectivity index (χ0v) is 18.1. The Balaban J connectivity index is 1.34. The highest BCUT2D eigenvalue weighted by Crippen LogP contribution is 2.24. The van der Waals surface area contributed by atoms with E-state index in [1.807, 2.05) is 35.4 Å². The molecule has 6 nitrogen and oxygen atoms in total. The number of hydrogen-bond acceptors (Lipinski definition) is 6. The second-order valence-electron chi connectivity index (χ2n) is 7.80. The van der Waals surface area contributed by atoms with Crippen LogP contribution < -0.4 is 9.80 Å². The van der Waals surface area contributed by atoms with Gasteiger partial charge < -0.3 is 14.7 Å². The highest BCUT2D eigenvalue weighted by atomic mass is 32.2. The molecule has 0 N–H and O–H groups in total. The van der Waals surface area contributed by atoms with Crippen LogP contribution in [0.2, 0.25) is 0 Å². The Bertz CT molecular complexity index is 818. The van der Waals surface area contributed by atoms with Gasteiger partial charge in [-0.1, -0.05) is 0 Å². The number of piperidine rings is 1. The van der Waals surface area contributed by atoms with Crippen molar-refractivity contribution in [3.63, 3.8) is 0 Å². The first-order valence-electron chi connectivity index (χ1n) is 10.4. The van der Waals surface area contributed by atoms with Crippen LogP contribution in [-0.4, -0.2) is 66.0 Å². The Kier molecular flexibility index (Phi) is 6.23. The summed E-state index contributed by atoms with van der Waals surface area (Å²) >= 11 is 1.69. The van der Waals surface area contributed by atoms with Gasteiger partial charge in [0.2, 0.25) is 0 Å². The lowest BCUT2D eigenvalue weighted by molar-refractivity contribution is 0.0746. The normalized spacial score (nSPS) is 20.1. The van der Waals surface area contributed by atoms with Crippen molar-refractivity contribution in [2.75, 3.05) is 48.8 Å². The van der Waals surface area contributed by atoms with Crippen LogP contribution in [0.3, 0.4) is 0 Å². The Morgan fingerprint density at radius 3 is 2.24 bits per heavy atom. The van der Waals surface area contributed by atoms with E-state index in [2.05, 4.69) is 39.1 Å². The van der Waals surface area contributed by atoms with Gasteiger partial charge in [0.15, 0.2) is 11.6 Å². The predicted molar refractivity (Wildman–Crippen MR) is 119 cm³/mol. The van der Waals surface area contributed by atoms with Crippen molar-refractivity contribution in [1.29, 1.82) is 0 Å². The highest BCUT2D eigenvalue weighted by Gasteiger charge is 2.24. The molecule has 0 bridgehead atoms. The summed E-state index contributed by atoms with van der Waals surface area (Å²) in [6.45, 7) is 6.30. The lowest BCUT2D eigenvalue weighted by Crippen LogP contribution is -2.49. The summed E-state index contributed by atoms with van der Waals surface area (Å²) in [6, 6.07) is 12.6. The first kappa shape index (κ1) is 20.0. The average Bonchev–Trinajstić information content (AvgIpc) is 2.79. The molecule has 154 valence electrons. The molecule has 3 heterocycles. The monoisotopic (exact) mass is 411 g/mol. The van der Waals surface area contributed by atoms with Crippen molar-refractivity contribution < 1.29 is 4.79 Å². The van der Waals surface area contributed by atoms with E-state index in [0.717, 1.165) is 36.8 Å². The Morgan fingerprint density at radius 2 is 1.62 bits per heavy atom. The number of nitrogens with zero attached hydrogens (tertiary/aromatic N) is 5. The molecule has 2 saturated heterocycles. The Morgan fingerprint density at radius 1 is 0.931 bits per heavy atom. The summed E-state index contributed by atoms with van der Waals surface area (Å²) in [7, 11) is 0. The molecule has 2 fully saturated rings. The molecule has 1 atom stereocenters. The third-order valence-corrected chi connectivity index (χ3v) is 6.71. The maximum Gasteiger partial charge on any atom is 0.253 e. The van der Waals surface area contributed by atoms with E-state index in [1.54, 1.807) is 11.8 Å². The summed E-state index contributed by atoms with van der Waals surface area (Å²) in [5.74, 6) is 1.98. The number of carbonyl (C=O) groups is 1. The molecular formula is C22H29N5OS. The summed E-state index contributed by atoms with van der Waals surface area (Å²) in [5, 5.41) is 8.99. The van der Waals surface area contributed by atoms with Crippen LogP contribution in [0.1, 0.15) is 36.5 Å². The second-order valence-corrected chi connectivity index (χ2v) is 8.68. The fourth-order valence-corrected chi connectivity index (χ4v) is 4.54. The summed E-state index contributed by atoms with van der Waals surface area (Å²) in [4.78, 5) is 20.4. The average molecular weight is 412 g/mol. The number of carbonyl (C=O) groups excluding carboxylic acids is 1. The van der Waals surface area contributed by atoms with E-state index in [0.29, 0.717) is 19.1 Å². The zero-order valence-electron chi connectivity index (χ0n) is 17.3. The number of hydrogen-bond donors (Lipinski definition) is 0. The van der Waals surface area contributed by atoms with E-state index in [9.17, 15) is 4.79 Å². The van der Waals surface area contributed by atoms with Gasteiger partial charge in [0, 0.05) is 49.2 Å². The third kappa shape index (κ3) is 4.50. The molecule has 7 heteroatoms. The Labute approximate surface area is 177 Å². The van der Waals surface area contributed by atoms with Crippen LogP contribution >= 0.6 is 11.8 Å². The van der Waals surface area contributed by atoms with Gasteiger partial charge in [-0.2, -0.15) is 0 Å². The van der Waals surface area contributed by atoms with Crippen molar-refractivity contribution in [3.8, 4) is 0 Å². The molecule has 0 saturated carbocycles. The highest BCUT2D eigenvalue weighted by molar-refractivity contribution is 7.98. The number of anilines is 2. The van der Waals surface area contributed by atoms with Crippen molar-refractivity contribution >= 4 is 29.3 Å².